The van der Waals surface area contributed by atoms with Crippen LogP contribution in [0, 0.1) is 5.92 Å². The van der Waals surface area contributed by atoms with Crippen LogP contribution in [0.2, 0.25) is 0 Å². The maximum atomic E-state index is 12.3. The third-order valence-corrected chi connectivity index (χ3v) is 5.13. The average Bonchev–Trinajstić information content (AvgIpc) is 3.21. The summed E-state index contributed by atoms with van der Waals surface area (Å²) in [4.78, 5) is 16.8. The van der Waals surface area contributed by atoms with Crippen LogP contribution >= 0.6 is 11.3 Å². The molecule has 156 valence electrons. The van der Waals surface area contributed by atoms with Gasteiger partial charge < -0.3 is 9.47 Å². The van der Waals surface area contributed by atoms with Crippen molar-refractivity contribution in [3.8, 4) is 22.8 Å². The number of hydrogen-bond acceptors (Lipinski definition) is 5. The molecule has 0 aliphatic carbocycles. The first-order valence-corrected chi connectivity index (χ1v) is 10.7. The minimum absolute atomic E-state index is 0.225. The van der Waals surface area contributed by atoms with Crippen molar-refractivity contribution < 1.29 is 14.3 Å². The first kappa shape index (κ1) is 21.6. The van der Waals surface area contributed by atoms with E-state index in [1.165, 1.54) is 17.4 Å². The number of ether oxygens (including phenoxy) is 2. The highest BCUT2D eigenvalue weighted by Gasteiger charge is 2.07. The van der Waals surface area contributed by atoms with Gasteiger partial charge in [0, 0.05) is 17.0 Å². The van der Waals surface area contributed by atoms with Crippen molar-refractivity contribution in [2.24, 2.45) is 5.92 Å². The Hall–Kier alpha value is -3.12. The van der Waals surface area contributed by atoms with E-state index in [9.17, 15) is 4.79 Å². The zero-order valence-electron chi connectivity index (χ0n) is 17.4. The van der Waals surface area contributed by atoms with E-state index in [2.05, 4.69) is 24.1 Å². The summed E-state index contributed by atoms with van der Waals surface area (Å²) in [6.07, 6.45) is 4.28. The quantitative estimate of drug-likeness (QED) is 0.437. The van der Waals surface area contributed by atoms with Crippen molar-refractivity contribution in [2.45, 2.75) is 20.3 Å². The lowest BCUT2D eigenvalue weighted by Crippen LogP contribution is -2.07. The summed E-state index contributed by atoms with van der Waals surface area (Å²) < 4.78 is 10.9. The van der Waals surface area contributed by atoms with Gasteiger partial charge in [-0.2, -0.15) is 0 Å². The fraction of sp³-hybridized carbons (Fsp3) is 0.250. The monoisotopic (exact) mass is 422 g/mol. The number of rotatable bonds is 9. The third-order valence-electron chi connectivity index (χ3n) is 4.37. The van der Waals surface area contributed by atoms with Gasteiger partial charge in [-0.1, -0.05) is 26.0 Å². The van der Waals surface area contributed by atoms with Gasteiger partial charge in [0.25, 0.3) is 0 Å². The van der Waals surface area contributed by atoms with Crippen molar-refractivity contribution >= 4 is 28.5 Å². The lowest BCUT2D eigenvalue weighted by atomic mass is 10.1. The van der Waals surface area contributed by atoms with E-state index in [-0.39, 0.29) is 5.91 Å². The molecular formula is C24H26N2O3S. The SMILES string of the molecule is COc1ccc(-c2csc(NC(=O)/C=C/c3cccc(OCCC(C)C)c3)n2)cc1. The number of thiazole rings is 1. The average molecular weight is 423 g/mol. The van der Waals surface area contributed by atoms with E-state index in [1.807, 2.05) is 53.9 Å². The predicted molar refractivity (Wildman–Crippen MR) is 123 cm³/mol. The second-order valence-electron chi connectivity index (χ2n) is 7.19. The van der Waals surface area contributed by atoms with Crippen LogP contribution in [0.25, 0.3) is 17.3 Å². The molecule has 5 nitrogen and oxygen atoms in total. The number of hydrogen-bond donors (Lipinski definition) is 1. The molecule has 0 aliphatic heterocycles. The zero-order valence-corrected chi connectivity index (χ0v) is 18.2. The Kier molecular flexibility index (Phi) is 7.63. The number of carbonyl (C=O) groups is 1. The van der Waals surface area contributed by atoms with Crippen LogP contribution in [0.15, 0.2) is 60.0 Å². The van der Waals surface area contributed by atoms with Crippen LogP contribution in [-0.2, 0) is 4.79 Å². The molecular weight excluding hydrogens is 396 g/mol. The Morgan fingerprint density at radius 1 is 1.17 bits per heavy atom. The summed E-state index contributed by atoms with van der Waals surface area (Å²) in [6.45, 7) is 5.03. The van der Waals surface area contributed by atoms with Crippen LogP contribution in [0.3, 0.4) is 0 Å². The molecule has 30 heavy (non-hydrogen) atoms. The molecule has 0 saturated carbocycles. The zero-order chi connectivity index (χ0) is 21.3. The molecule has 1 aromatic heterocycles. The van der Waals surface area contributed by atoms with Crippen molar-refractivity contribution in [1.29, 1.82) is 0 Å². The summed E-state index contributed by atoms with van der Waals surface area (Å²) in [6, 6.07) is 15.4. The normalized spacial score (nSPS) is 11.1. The van der Waals surface area contributed by atoms with Crippen LogP contribution in [0.5, 0.6) is 11.5 Å². The second kappa shape index (κ2) is 10.6. The molecule has 0 radical (unpaired) electrons. The van der Waals surface area contributed by atoms with Gasteiger partial charge in [0.2, 0.25) is 5.91 Å². The topological polar surface area (TPSA) is 60.5 Å². The van der Waals surface area contributed by atoms with E-state index in [4.69, 9.17) is 9.47 Å². The Labute approximate surface area is 181 Å². The van der Waals surface area contributed by atoms with Gasteiger partial charge in [0.05, 0.1) is 19.4 Å². The Morgan fingerprint density at radius 2 is 1.97 bits per heavy atom. The summed E-state index contributed by atoms with van der Waals surface area (Å²) >= 11 is 1.39. The number of aromatic nitrogens is 1. The lowest BCUT2D eigenvalue weighted by molar-refractivity contribution is -0.111. The molecule has 1 amide bonds. The minimum Gasteiger partial charge on any atom is -0.497 e. The lowest BCUT2D eigenvalue weighted by Gasteiger charge is -2.08. The van der Waals surface area contributed by atoms with Crippen LogP contribution in [-0.4, -0.2) is 24.6 Å². The highest BCUT2D eigenvalue weighted by molar-refractivity contribution is 7.14. The molecule has 3 aromatic rings. The molecule has 0 spiro atoms. The first-order chi connectivity index (χ1) is 14.5. The first-order valence-electron chi connectivity index (χ1n) is 9.85. The van der Waals surface area contributed by atoms with Crippen molar-refractivity contribution in [3.05, 3.63) is 65.6 Å². The standard InChI is InChI=1S/C24H26N2O3S/c1-17(2)13-14-29-21-6-4-5-18(15-21)7-12-23(27)26-24-25-22(16-30-24)19-8-10-20(28-3)11-9-19/h4-12,15-17H,13-14H2,1-3H3,(H,25,26,27)/b12-7+. The summed E-state index contributed by atoms with van der Waals surface area (Å²) in [5.41, 5.74) is 2.69. The Morgan fingerprint density at radius 3 is 2.70 bits per heavy atom. The van der Waals surface area contributed by atoms with Crippen LogP contribution < -0.4 is 14.8 Å². The summed E-state index contributed by atoms with van der Waals surface area (Å²) in [5, 5.41) is 5.28. The molecule has 6 heteroatoms. The maximum Gasteiger partial charge on any atom is 0.250 e. The summed E-state index contributed by atoms with van der Waals surface area (Å²) in [5.74, 6) is 1.98. The van der Waals surface area contributed by atoms with E-state index >= 15 is 0 Å². The molecule has 0 saturated heterocycles. The van der Waals surface area contributed by atoms with Crippen LogP contribution in [0.1, 0.15) is 25.8 Å². The smallest absolute Gasteiger partial charge is 0.250 e. The number of methoxy groups -OCH3 is 1. The van der Waals surface area contributed by atoms with E-state index in [0.29, 0.717) is 17.7 Å². The van der Waals surface area contributed by atoms with Gasteiger partial charge in [-0.3, -0.25) is 10.1 Å². The maximum absolute atomic E-state index is 12.3. The fourth-order valence-corrected chi connectivity index (χ4v) is 3.39. The number of carbonyl (C=O) groups excluding carboxylic acids is 1. The van der Waals surface area contributed by atoms with Gasteiger partial charge in [0.15, 0.2) is 5.13 Å². The Balaban J connectivity index is 1.56. The Bertz CT molecular complexity index is 994. The molecule has 0 fully saturated rings. The van der Waals surface area contributed by atoms with Crippen LogP contribution in [0.4, 0.5) is 5.13 Å². The van der Waals surface area contributed by atoms with Gasteiger partial charge in [-0.25, -0.2) is 4.98 Å². The van der Waals surface area contributed by atoms with Crippen molar-refractivity contribution in [3.63, 3.8) is 0 Å². The van der Waals surface area contributed by atoms with E-state index in [1.54, 1.807) is 13.2 Å². The minimum atomic E-state index is -0.225. The largest absolute Gasteiger partial charge is 0.497 e. The number of amides is 1. The van der Waals surface area contributed by atoms with Gasteiger partial charge >= 0.3 is 0 Å². The molecule has 1 heterocycles. The van der Waals surface area contributed by atoms with Gasteiger partial charge in [-0.05, 0) is 60.4 Å². The van der Waals surface area contributed by atoms with Gasteiger partial charge in [0.1, 0.15) is 11.5 Å². The molecule has 1 N–H and O–H groups in total. The van der Waals surface area contributed by atoms with Crippen molar-refractivity contribution in [2.75, 3.05) is 19.0 Å². The predicted octanol–water partition coefficient (Wildman–Crippen LogP) is 5.90. The van der Waals surface area contributed by atoms with E-state index in [0.717, 1.165) is 34.7 Å². The molecule has 2 aromatic carbocycles. The fourth-order valence-electron chi connectivity index (χ4n) is 2.66. The number of nitrogens with one attached hydrogen (secondary N) is 1. The molecule has 0 unspecified atom stereocenters. The highest BCUT2D eigenvalue weighted by Crippen LogP contribution is 2.26. The second-order valence-corrected chi connectivity index (χ2v) is 8.05. The number of nitrogens with zero attached hydrogens (tertiary/aromatic N) is 1. The number of anilines is 1. The molecule has 0 atom stereocenters. The molecule has 0 aliphatic rings. The number of benzene rings is 2. The van der Waals surface area contributed by atoms with Gasteiger partial charge in [-0.15, -0.1) is 11.3 Å². The third kappa shape index (κ3) is 6.46. The summed E-state index contributed by atoms with van der Waals surface area (Å²) in [7, 11) is 1.63. The van der Waals surface area contributed by atoms with Crippen molar-refractivity contribution in [1.82, 2.24) is 4.98 Å². The highest BCUT2D eigenvalue weighted by atomic mass is 32.1. The molecule has 0 bridgehead atoms. The molecule has 3 rings (SSSR count). The van der Waals surface area contributed by atoms with E-state index < -0.39 is 0 Å².